The fourth-order valence-corrected chi connectivity index (χ4v) is 3.16. The van der Waals surface area contributed by atoms with Gasteiger partial charge in [-0.1, -0.05) is 42.5 Å². The van der Waals surface area contributed by atoms with Gasteiger partial charge in [0.2, 0.25) is 5.82 Å². The van der Waals surface area contributed by atoms with E-state index in [0.717, 1.165) is 29.5 Å². The molecule has 1 aromatic heterocycles. The number of tetrazole rings is 1. The lowest BCUT2D eigenvalue weighted by Gasteiger charge is -2.10. The number of benzene rings is 3. The van der Waals surface area contributed by atoms with Crippen LogP contribution in [0.2, 0.25) is 0 Å². The van der Waals surface area contributed by atoms with Gasteiger partial charge in [-0.15, -0.1) is 10.2 Å². The van der Waals surface area contributed by atoms with Crippen molar-refractivity contribution in [3.05, 3.63) is 89.5 Å². The average Bonchev–Trinajstić information content (AvgIpc) is 3.34. The van der Waals surface area contributed by atoms with Crippen molar-refractivity contribution >= 4 is 12.1 Å². The molecule has 0 aliphatic rings. The maximum atomic E-state index is 12.7. The van der Waals surface area contributed by atoms with Gasteiger partial charge in [-0.05, 0) is 35.0 Å². The molecule has 1 heterocycles. The average molecular weight is 514 g/mol. The van der Waals surface area contributed by atoms with Crippen molar-refractivity contribution in [2.45, 2.75) is 19.8 Å². The molecule has 37 heavy (non-hydrogen) atoms. The van der Waals surface area contributed by atoms with E-state index in [-0.39, 0.29) is 16.9 Å². The molecule has 1 amide bonds. The number of carbonyl (C=O) groups excluding carboxylic acids is 1. The molecule has 0 aliphatic heterocycles. The molecule has 0 unspecified atom stereocenters. The Morgan fingerprint density at radius 3 is 2.41 bits per heavy atom. The van der Waals surface area contributed by atoms with E-state index in [4.69, 9.17) is 0 Å². The second-order valence-electron chi connectivity index (χ2n) is 7.36. The van der Waals surface area contributed by atoms with Crippen molar-refractivity contribution in [2.24, 2.45) is 5.10 Å². The molecule has 3 aromatic carbocycles. The molecule has 0 aliphatic carbocycles. The third-order valence-corrected chi connectivity index (χ3v) is 4.82. The predicted molar refractivity (Wildman–Crippen MR) is 124 cm³/mol. The summed E-state index contributed by atoms with van der Waals surface area (Å²) in [6.07, 6.45) is 1.04. The van der Waals surface area contributed by atoms with E-state index in [1.807, 2.05) is 30.3 Å². The van der Waals surface area contributed by atoms with Crippen LogP contribution in [0, 0.1) is 0 Å². The van der Waals surface area contributed by atoms with E-state index in [9.17, 15) is 22.4 Å². The Morgan fingerprint density at radius 2 is 1.70 bits per heavy atom. The van der Waals surface area contributed by atoms with Gasteiger partial charge in [0.25, 0.3) is 5.91 Å². The van der Waals surface area contributed by atoms with Gasteiger partial charge in [-0.3, -0.25) is 4.79 Å². The van der Waals surface area contributed by atoms with Crippen LogP contribution in [0.5, 0.6) is 11.5 Å². The van der Waals surface area contributed by atoms with Crippen LogP contribution in [0.15, 0.2) is 77.9 Å². The third kappa shape index (κ3) is 7.10. The second kappa shape index (κ2) is 11.7. The zero-order valence-electron chi connectivity index (χ0n) is 18.8. The van der Waals surface area contributed by atoms with Crippen molar-refractivity contribution in [1.29, 1.82) is 0 Å². The largest absolute Gasteiger partial charge is 0.435 e. The van der Waals surface area contributed by atoms with Crippen molar-refractivity contribution in [3.63, 3.8) is 0 Å². The fraction of sp³-hybridized carbons (Fsp3) is 0.125. The fourth-order valence-electron chi connectivity index (χ4n) is 3.16. The highest BCUT2D eigenvalue weighted by molar-refractivity contribution is 5.95. The normalized spacial score (nSPS) is 11.3. The highest BCUT2D eigenvalue weighted by atomic mass is 19.3. The van der Waals surface area contributed by atoms with Crippen LogP contribution >= 0.6 is 0 Å². The van der Waals surface area contributed by atoms with Gasteiger partial charge in [-0.25, -0.2) is 5.43 Å². The molecule has 0 fully saturated rings. The van der Waals surface area contributed by atoms with E-state index < -0.39 is 24.9 Å². The molecular weight excluding hydrogens is 496 g/mol. The van der Waals surface area contributed by atoms with E-state index in [0.29, 0.717) is 12.4 Å². The highest BCUT2D eigenvalue weighted by Gasteiger charge is 2.13. The Bertz CT molecular complexity index is 1360. The number of rotatable bonds is 10. The standard InChI is InChI=1S/C24H18F4N6O3/c25-23(26)36-19-11-10-18(20(12-19)37-24(27)28)13-29-31-22(35)17-8-6-15(7-9-17)14-34-32-21(30-33-34)16-4-2-1-3-5-16/h1-13,23-24H,14H2,(H,31,35)/b29-13+. The number of nitrogens with one attached hydrogen (secondary N) is 1. The first-order chi connectivity index (χ1) is 17.9. The molecule has 0 bridgehead atoms. The number of aromatic nitrogens is 4. The SMILES string of the molecule is O=C(N/N=C/c1ccc(OC(F)F)cc1OC(F)F)c1ccc(Cn2nnc(-c3ccccc3)n2)cc1. The number of nitrogens with zero attached hydrogens (tertiary/aromatic N) is 5. The molecule has 0 atom stereocenters. The van der Waals surface area contributed by atoms with Crippen LogP contribution in [-0.2, 0) is 6.54 Å². The lowest BCUT2D eigenvalue weighted by Crippen LogP contribution is -2.17. The number of carbonyl (C=O) groups is 1. The van der Waals surface area contributed by atoms with E-state index >= 15 is 0 Å². The zero-order chi connectivity index (χ0) is 26.2. The minimum Gasteiger partial charge on any atom is -0.435 e. The van der Waals surface area contributed by atoms with Crippen molar-refractivity contribution in [3.8, 4) is 22.9 Å². The molecule has 13 heteroatoms. The lowest BCUT2D eigenvalue weighted by molar-refractivity contribution is -0.0543. The summed E-state index contributed by atoms with van der Waals surface area (Å²) in [6.45, 7) is -6.01. The first-order valence-corrected chi connectivity index (χ1v) is 10.7. The quantitative estimate of drug-likeness (QED) is 0.192. The second-order valence-corrected chi connectivity index (χ2v) is 7.36. The summed E-state index contributed by atoms with van der Waals surface area (Å²) in [5.74, 6) is -0.897. The molecule has 0 spiro atoms. The first-order valence-electron chi connectivity index (χ1n) is 10.7. The minimum atomic E-state index is -3.21. The molecule has 4 rings (SSSR count). The summed E-state index contributed by atoms with van der Waals surface area (Å²) in [5.41, 5.74) is 4.20. The summed E-state index contributed by atoms with van der Waals surface area (Å²) in [5, 5.41) is 16.1. The number of ether oxygens (including phenoxy) is 2. The van der Waals surface area contributed by atoms with Crippen LogP contribution in [0.25, 0.3) is 11.4 Å². The Morgan fingerprint density at radius 1 is 0.973 bits per heavy atom. The Balaban J connectivity index is 1.37. The number of halogens is 4. The molecule has 4 aromatic rings. The van der Waals surface area contributed by atoms with Crippen molar-refractivity contribution in [2.75, 3.05) is 0 Å². The Hall–Kier alpha value is -4.81. The summed E-state index contributed by atoms with van der Waals surface area (Å²) in [6, 6.07) is 19.1. The maximum Gasteiger partial charge on any atom is 0.387 e. The van der Waals surface area contributed by atoms with Gasteiger partial charge in [0, 0.05) is 22.8 Å². The third-order valence-electron chi connectivity index (χ3n) is 4.82. The summed E-state index contributed by atoms with van der Waals surface area (Å²) in [7, 11) is 0. The van der Waals surface area contributed by atoms with E-state index in [1.165, 1.54) is 10.9 Å². The number of hydrogen-bond acceptors (Lipinski definition) is 7. The highest BCUT2D eigenvalue weighted by Crippen LogP contribution is 2.26. The molecule has 0 saturated heterocycles. The van der Waals surface area contributed by atoms with Gasteiger partial charge in [0.1, 0.15) is 11.5 Å². The summed E-state index contributed by atoms with van der Waals surface area (Å²) >= 11 is 0. The van der Waals surface area contributed by atoms with E-state index in [1.54, 1.807) is 24.3 Å². The van der Waals surface area contributed by atoms with Gasteiger partial charge < -0.3 is 9.47 Å². The molecule has 0 saturated carbocycles. The smallest absolute Gasteiger partial charge is 0.387 e. The van der Waals surface area contributed by atoms with Gasteiger partial charge in [0.05, 0.1) is 12.8 Å². The Labute approximate surface area is 207 Å². The molecular formula is C24H18F4N6O3. The zero-order valence-corrected chi connectivity index (χ0v) is 18.8. The van der Waals surface area contributed by atoms with Gasteiger partial charge in [0.15, 0.2) is 0 Å². The molecule has 190 valence electrons. The van der Waals surface area contributed by atoms with Crippen LogP contribution < -0.4 is 14.9 Å². The van der Waals surface area contributed by atoms with Crippen LogP contribution in [0.3, 0.4) is 0 Å². The maximum absolute atomic E-state index is 12.7. The van der Waals surface area contributed by atoms with Gasteiger partial charge in [-0.2, -0.15) is 27.5 Å². The number of alkyl halides is 4. The topological polar surface area (TPSA) is 104 Å². The lowest BCUT2D eigenvalue weighted by atomic mass is 10.1. The van der Waals surface area contributed by atoms with Crippen molar-refractivity contribution < 1.29 is 31.8 Å². The van der Waals surface area contributed by atoms with Crippen LogP contribution in [-0.4, -0.2) is 45.6 Å². The first kappa shape index (κ1) is 25.3. The minimum absolute atomic E-state index is 0.00719. The van der Waals surface area contributed by atoms with Crippen LogP contribution in [0.4, 0.5) is 17.6 Å². The monoisotopic (exact) mass is 514 g/mol. The van der Waals surface area contributed by atoms with Crippen LogP contribution in [0.1, 0.15) is 21.5 Å². The Kier molecular flexibility index (Phi) is 8.03. The summed E-state index contributed by atoms with van der Waals surface area (Å²) in [4.78, 5) is 13.8. The molecule has 1 N–H and O–H groups in total. The molecule has 0 radical (unpaired) electrons. The van der Waals surface area contributed by atoms with Gasteiger partial charge >= 0.3 is 13.2 Å². The molecule has 9 nitrogen and oxygen atoms in total. The number of amides is 1. The number of hydrazone groups is 1. The summed E-state index contributed by atoms with van der Waals surface area (Å²) < 4.78 is 58.6. The van der Waals surface area contributed by atoms with Crippen molar-refractivity contribution in [1.82, 2.24) is 25.6 Å². The predicted octanol–water partition coefficient (Wildman–Crippen LogP) is 4.36. The number of hydrogen-bond donors (Lipinski definition) is 1. The van der Waals surface area contributed by atoms with E-state index in [2.05, 4.69) is 35.4 Å².